The largest absolute Gasteiger partial charge is 0.309 e. The molecule has 0 spiro atoms. The summed E-state index contributed by atoms with van der Waals surface area (Å²) < 4.78 is 2.39. The molecular weight excluding hydrogens is 518 g/mol. The number of fused-ring (bicyclic) bond motifs is 9. The van der Waals surface area contributed by atoms with Crippen LogP contribution in [0.1, 0.15) is 0 Å². The highest BCUT2D eigenvalue weighted by Gasteiger charge is 2.15. The van der Waals surface area contributed by atoms with Crippen molar-refractivity contribution >= 4 is 54.1 Å². The van der Waals surface area contributed by atoms with Crippen LogP contribution in [-0.2, 0) is 0 Å². The van der Waals surface area contributed by atoms with Crippen LogP contribution >= 0.6 is 0 Å². The molecule has 9 aromatic rings. The van der Waals surface area contributed by atoms with E-state index < -0.39 is 0 Å². The average molecular weight is 546 g/mol. The Hall–Kier alpha value is -5.66. The van der Waals surface area contributed by atoms with Crippen LogP contribution in [0, 0.1) is 0 Å². The molecule has 0 fully saturated rings. The highest BCUT2D eigenvalue weighted by atomic mass is 15.0. The van der Waals surface area contributed by atoms with Gasteiger partial charge in [-0.15, -0.1) is 0 Å². The number of aromatic nitrogens is 1. The van der Waals surface area contributed by atoms with Crippen molar-refractivity contribution in [3.05, 3.63) is 164 Å². The molecule has 0 atom stereocenters. The average Bonchev–Trinajstić information content (AvgIpc) is 3.43. The van der Waals surface area contributed by atoms with E-state index in [9.17, 15) is 0 Å². The summed E-state index contributed by atoms with van der Waals surface area (Å²) in [6, 6.07) is 59.7. The molecule has 0 aliphatic carbocycles. The zero-order valence-corrected chi connectivity index (χ0v) is 23.5. The Bertz CT molecular complexity index is 2420. The van der Waals surface area contributed by atoms with Crippen LogP contribution in [0.5, 0.6) is 0 Å². The predicted octanol–water partition coefficient (Wildman–Crippen LogP) is 11.6. The standard InChI is InChI=1S/C42H27N/c1-2-15-32(29-24-25-37-35-18-4-3-16-33(35)34-17-5-6-19-36(34)40(37)27-29)31(14-1)28-12-11-13-30(26-28)43-41-22-9-7-20-38(41)39-21-8-10-23-42(39)43/h1-27H. The second kappa shape index (κ2) is 9.44. The Kier molecular flexibility index (Phi) is 5.27. The van der Waals surface area contributed by atoms with Crippen molar-refractivity contribution in [1.29, 1.82) is 0 Å². The van der Waals surface area contributed by atoms with Gasteiger partial charge in [0.05, 0.1) is 11.0 Å². The van der Waals surface area contributed by atoms with Gasteiger partial charge in [0.1, 0.15) is 0 Å². The normalized spacial score (nSPS) is 11.7. The fourth-order valence-corrected chi connectivity index (χ4v) is 7.07. The Balaban J connectivity index is 1.25. The lowest BCUT2D eigenvalue weighted by molar-refractivity contribution is 1.18. The van der Waals surface area contributed by atoms with Crippen LogP contribution in [0.3, 0.4) is 0 Å². The van der Waals surface area contributed by atoms with E-state index in [0.717, 1.165) is 0 Å². The van der Waals surface area contributed by atoms with E-state index in [-0.39, 0.29) is 0 Å². The van der Waals surface area contributed by atoms with Gasteiger partial charge in [-0.2, -0.15) is 0 Å². The molecule has 1 aromatic heterocycles. The third-order valence-corrected chi connectivity index (χ3v) is 8.98. The van der Waals surface area contributed by atoms with Crippen molar-refractivity contribution in [2.45, 2.75) is 0 Å². The lowest BCUT2D eigenvalue weighted by atomic mass is 9.90. The zero-order valence-electron chi connectivity index (χ0n) is 23.5. The number of rotatable bonds is 3. The molecule has 0 amide bonds. The van der Waals surface area contributed by atoms with Gasteiger partial charge in [0.2, 0.25) is 0 Å². The first-order valence-corrected chi connectivity index (χ1v) is 14.9. The summed E-state index contributed by atoms with van der Waals surface area (Å²) in [6.45, 7) is 0. The minimum absolute atomic E-state index is 1.17. The highest BCUT2D eigenvalue weighted by molar-refractivity contribution is 6.25. The Morgan fingerprint density at radius 2 is 0.721 bits per heavy atom. The second-order valence-corrected chi connectivity index (χ2v) is 11.3. The predicted molar refractivity (Wildman–Crippen MR) is 184 cm³/mol. The third-order valence-electron chi connectivity index (χ3n) is 8.98. The molecular formula is C42H27N. The van der Waals surface area contributed by atoms with Gasteiger partial charge in [-0.05, 0) is 84.9 Å². The summed E-state index contributed by atoms with van der Waals surface area (Å²) in [4.78, 5) is 0. The maximum atomic E-state index is 2.39. The van der Waals surface area contributed by atoms with Crippen LogP contribution < -0.4 is 0 Å². The summed E-state index contributed by atoms with van der Waals surface area (Å²) in [6.07, 6.45) is 0. The maximum absolute atomic E-state index is 2.39. The number of benzene rings is 8. The van der Waals surface area contributed by atoms with Crippen molar-refractivity contribution in [3.63, 3.8) is 0 Å². The van der Waals surface area contributed by atoms with E-state index in [4.69, 9.17) is 0 Å². The highest BCUT2D eigenvalue weighted by Crippen LogP contribution is 2.40. The fourth-order valence-electron chi connectivity index (χ4n) is 7.07. The van der Waals surface area contributed by atoms with Gasteiger partial charge in [0.25, 0.3) is 0 Å². The summed E-state index contributed by atoms with van der Waals surface area (Å²) in [7, 11) is 0. The molecule has 0 bridgehead atoms. The van der Waals surface area contributed by atoms with Gasteiger partial charge in [-0.1, -0.05) is 133 Å². The van der Waals surface area contributed by atoms with Crippen molar-refractivity contribution in [3.8, 4) is 27.9 Å². The molecule has 0 unspecified atom stereocenters. The van der Waals surface area contributed by atoms with Crippen molar-refractivity contribution in [2.75, 3.05) is 0 Å². The van der Waals surface area contributed by atoms with Gasteiger partial charge >= 0.3 is 0 Å². The number of nitrogens with zero attached hydrogens (tertiary/aromatic N) is 1. The molecule has 43 heavy (non-hydrogen) atoms. The number of para-hydroxylation sites is 2. The van der Waals surface area contributed by atoms with Gasteiger partial charge in [0.15, 0.2) is 0 Å². The van der Waals surface area contributed by atoms with E-state index in [2.05, 4.69) is 168 Å². The van der Waals surface area contributed by atoms with Gasteiger partial charge in [0, 0.05) is 16.5 Å². The van der Waals surface area contributed by atoms with Crippen molar-refractivity contribution in [2.24, 2.45) is 0 Å². The molecule has 1 nitrogen and oxygen atoms in total. The van der Waals surface area contributed by atoms with Crippen LogP contribution in [-0.4, -0.2) is 4.57 Å². The minimum Gasteiger partial charge on any atom is -0.309 e. The Morgan fingerprint density at radius 3 is 1.30 bits per heavy atom. The molecule has 0 saturated heterocycles. The van der Waals surface area contributed by atoms with E-state index in [1.165, 1.54) is 82.1 Å². The summed E-state index contributed by atoms with van der Waals surface area (Å²) in [5.41, 5.74) is 8.52. The molecule has 0 radical (unpaired) electrons. The SMILES string of the molecule is c1cc(-c2ccccc2-c2ccc3c4ccccc4c4ccccc4c3c2)cc(-n2c3ccccc3c3ccccc32)c1. The first kappa shape index (κ1) is 24.0. The molecule has 9 rings (SSSR count). The number of hydrogen-bond acceptors (Lipinski definition) is 0. The van der Waals surface area contributed by atoms with Gasteiger partial charge in [-0.25, -0.2) is 0 Å². The smallest absolute Gasteiger partial charge is 0.0541 e. The molecule has 1 heteroatoms. The lowest BCUT2D eigenvalue weighted by Gasteiger charge is -2.15. The van der Waals surface area contributed by atoms with E-state index in [1.807, 2.05) is 0 Å². The number of hydrogen-bond donors (Lipinski definition) is 0. The first-order valence-electron chi connectivity index (χ1n) is 14.9. The van der Waals surface area contributed by atoms with E-state index >= 15 is 0 Å². The third kappa shape index (κ3) is 3.65. The topological polar surface area (TPSA) is 4.93 Å². The van der Waals surface area contributed by atoms with E-state index in [1.54, 1.807) is 0 Å². The summed E-state index contributed by atoms with van der Waals surface area (Å²) in [5.74, 6) is 0. The molecule has 1 heterocycles. The van der Waals surface area contributed by atoms with Crippen molar-refractivity contribution < 1.29 is 0 Å². The van der Waals surface area contributed by atoms with E-state index in [0.29, 0.717) is 0 Å². The van der Waals surface area contributed by atoms with Crippen LogP contribution in [0.4, 0.5) is 0 Å². The van der Waals surface area contributed by atoms with Gasteiger partial charge in [-0.3, -0.25) is 0 Å². The molecule has 0 aliphatic rings. The van der Waals surface area contributed by atoms with Crippen LogP contribution in [0.15, 0.2) is 164 Å². The fraction of sp³-hybridized carbons (Fsp3) is 0. The summed E-state index contributed by atoms with van der Waals surface area (Å²) >= 11 is 0. The molecule has 8 aromatic carbocycles. The van der Waals surface area contributed by atoms with Crippen LogP contribution in [0.25, 0.3) is 82.1 Å². The van der Waals surface area contributed by atoms with Gasteiger partial charge < -0.3 is 4.57 Å². The molecule has 0 aliphatic heterocycles. The molecule has 0 N–H and O–H groups in total. The lowest BCUT2D eigenvalue weighted by Crippen LogP contribution is -1.94. The summed E-state index contributed by atoms with van der Waals surface area (Å²) in [5, 5.41) is 10.3. The minimum atomic E-state index is 1.17. The Labute approximate surface area is 249 Å². The van der Waals surface area contributed by atoms with Crippen LogP contribution in [0.2, 0.25) is 0 Å². The quantitative estimate of drug-likeness (QED) is 0.195. The molecule has 0 saturated carbocycles. The van der Waals surface area contributed by atoms with Crippen molar-refractivity contribution in [1.82, 2.24) is 4.57 Å². The monoisotopic (exact) mass is 545 g/mol. The zero-order chi connectivity index (χ0) is 28.3. The maximum Gasteiger partial charge on any atom is 0.0541 e. The molecule has 200 valence electrons. The Morgan fingerprint density at radius 1 is 0.279 bits per heavy atom. The second-order valence-electron chi connectivity index (χ2n) is 11.3. The first-order chi connectivity index (χ1) is 21.3.